The molecule has 7 nitrogen and oxygen atoms in total. The number of halogens is 1. The molecule has 0 spiro atoms. The minimum absolute atomic E-state index is 0.110. The molecule has 0 unspecified atom stereocenters. The number of aryl methyl sites for hydroxylation is 1. The molecule has 0 aliphatic heterocycles. The molecule has 2 rings (SSSR count). The van der Waals surface area contributed by atoms with E-state index in [0.717, 1.165) is 5.56 Å². The number of nitro groups is 1. The van der Waals surface area contributed by atoms with Gasteiger partial charge in [0.15, 0.2) is 0 Å². The molecule has 21 heavy (non-hydrogen) atoms. The lowest BCUT2D eigenvalue weighted by molar-refractivity contribution is -0.389. The number of aromatic nitrogens is 2. The van der Waals surface area contributed by atoms with Crippen LogP contribution in [0.2, 0.25) is 0 Å². The van der Waals surface area contributed by atoms with Crippen molar-refractivity contribution in [3.8, 4) is 0 Å². The number of hydrogen-bond acceptors (Lipinski definition) is 4. The van der Waals surface area contributed by atoms with Gasteiger partial charge in [0.1, 0.15) is 12.4 Å². The third-order valence-electron chi connectivity index (χ3n) is 2.85. The normalized spacial score (nSPS) is 10.4. The first-order chi connectivity index (χ1) is 9.95. The summed E-state index contributed by atoms with van der Waals surface area (Å²) < 4.78 is 14.0. The molecule has 110 valence electrons. The Morgan fingerprint density at radius 3 is 2.67 bits per heavy atom. The Kier molecular flexibility index (Phi) is 4.27. The predicted octanol–water partition coefficient (Wildman–Crippen LogP) is 1.56. The SMILES string of the molecule is Cc1cc([N+](=O)[O-])nn1CC(=O)NCc1ccc(F)cc1. The smallest absolute Gasteiger partial charge is 0.358 e. The molecule has 0 atom stereocenters. The molecule has 1 aromatic carbocycles. The lowest BCUT2D eigenvalue weighted by Gasteiger charge is -2.05. The first kappa shape index (κ1) is 14.6. The van der Waals surface area contributed by atoms with E-state index in [-0.39, 0.29) is 30.6 Å². The van der Waals surface area contributed by atoms with Crippen molar-refractivity contribution in [3.63, 3.8) is 0 Å². The number of amides is 1. The van der Waals surface area contributed by atoms with Crippen molar-refractivity contribution < 1.29 is 14.1 Å². The van der Waals surface area contributed by atoms with Crippen molar-refractivity contribution in [3.05, 3.63) is 57.5 Å². The Labute approximate surface area is 119 Å². The third kappa shape index (κ3) is 3.85. The Morgan fingerprint density at radius 2 is 2.10 bits per heavy atom. The van der Waals surface area contributed by atoms with Crippen molar-refractivity contribution in [2.45, 2.75) is 20.0 Å². The standard InChI is InChI=1S/C13H13FN4O3/c1-9-6-12(18(20)21)16-17(9)8-13(19)15-7-10-2-4-11(14)5-3-10/h2-6H,7-8H2,1H3,(H,15,19). The van der Waals surface area contributed by atoms with Gasteiger partial charge in [0.2, 0.25) is 5.91 Å². The molecular formula is C13H13FN4O3. The molecule has 0 aliphatic carbocycles. The molecule has 0 bridgehead atoms. The highest BCUT2D eigenvalue weighted by Gasteiger charge is 2.17. The zero-order valence-electron chi connectivity index (χ0n) is 11.2. The lowest BCUT2D eigenvalue weighted by atomic mass is 10.2. The van der Waals surface area contributed by atoms with E-state index in [2.05, 4.69) is 10.4 Å². The molecule has 0 saturated carbocycles. The van der Waals surface area contributed by atoms with Crippen LogP contribution in [-0.2, 0) is 17.9 Å². The van der Waals surface area contributed by atoms with Gasteiger partial charge in [-0.1, -0.05) is 12.1 Å². The Bertz CT molecular complexity index is 667. The number of carbonyl (C=O) groups is 1. The fraction of sp³-hybridized carbons (Fsp3) is 0.231. The summed E-state index contributed by atoms with van der Waals surface area (Å²) in [6.07, 6.45) is 0. The lowest BCUT2D eigenvalue weighted by Crippen LogP contribution is -2.27. The number of carbonyl (C=O) groups excluding carboxylic acids is 1. The van der Waals surface area contributed by atoms with Gasteiger partial charge in [-0.25, -0.2) is 4.39 Å². The fourth-order valence-corrected chi connectivity index (χ4v) is 1.74. The molecule has 1 heterocycles. The highest BCUT2D eigenvalue weighted by Crippen LogP contribution is 2.10. The van der Waals surface area contributed by atoms with Crippen LogP contribution in [0.15, 0.2) is 30.3 Å². The second kappa shape index (κ2) is 6.12. The van der Waals surface area contributed by atoms with Crippen molar-refractivity contribution in [1.82, 2.24) is 15.1 Å². The van der Waals surface area contributed by atoms with Gasteiger partial charge in [0, 0.05) is 6.54 Å². The van der Waals surface area contributed by atoms with Crippen molar-refractivity contribution in [2.75, 3.05) is 0 Å². The quantitative estimate of drug-likeness (QED) is 0.668. The van der Waals surface area contributed by atoms with Crippen LogP contribution >= 0.6 is 0 Å². The number of nitrogens with zero attached hydrogens (tertiary/aromatic N) is 3. The molecule has 1 amide bonds. The monoisotopic (exact) mass is 292 g/mol. The van der Waals surface area contributed by atoms with Gasteiger partial charge >= 0.3 is 5.82 Å². The molecular weight excluding hydrogens is 279 g/mol. The van der Waals surface area contributed by atoms with Crippen LogP contribution in [-0.4, -0.2) is 20.6 Å². The molecule has 0 aliphatic rings. The molecule has 8 heteroatoms. The van der Waals surface area contributed by atoms with Gasteiger partial charge in [0.05, 0.1) is 16.9 Å². The number of benzene rings is 1. The van der Waals surface area contributed by atoms with Crippen LogP contribution < -0.4 is 5.32 Å². The second-order valence-corrected chi connectivity index (χ2v) is 4.46. The fourth-order valence-electron chi connectivity index (χ4n) is 1.74. The van der Waals surface area contributed by atoms with Gasteiger partial charge < -0.3 is 15.4 Å². The van der Waals surface area contributed by atoms with E-state index < -0.39 is 4.92 Å². The van der Waals surface area contributed by atoms with Crippen LogP contribution in [0.5, 0.6) is 0 Å². The summed E-state index contributed by atoms with van der Waals surface area (Å²) in [5, 5.41) is 17.0. The highest BCUT2D eigenvalue weighted by molar-refractivity contribution is 5.75. The van der Waals surface area contributed by atoms with Gasteiger partial charge in [-0.2, -0.15) is 4.68 Å². The Balaban J connectivity index is 1.92. The van der Waals surface area contributed by atoms with Gasteiger partial charge in [-0.05, 0) is 29.5 Å². The maximum Gasteiger partial charge on any atom is 0.390 e. The zero-order chi connectivity index (χ0) is 15.4. The summed E-state index contributed by atoms with van der Waals surface area (Å²) in [5.41, 5.74) is 1.28. The first-order valence-corrected chi connectivity index (χ1v) is 6.15. The van der Waals surface area contributed by atoms with Crippen molar-refractivity contribution in [1.29, 1.82) is 0 Å². The summed E-state index contributed by atoms with van der Waals surface area (Å²) in [6.45, 7) is 1.77. The minimum atomic E-state index is -0.611. The summed E-state index contributed by atoms with van der Waals surface area (Å²) in [5.74, 6) is -0.969. The van der Waals surface area contributed by atoms with E-state index in [4.69, 9.17) is 0 Å². The summed E-state index contributed by atoms with van der Waals surface area (Å²) >= 11 is 0. The maximum absolute atomic E-state index is 12.7. The van der Waals surface area contributed by atoms with Crippen molar-refractivity contribution >= 4 is 11.7 Å². The Hall–Kier alpha value is -2.77. The molecule has 2 aromatic rings. The summed E-state index contributed by atoms with van der Waals surface area (Å²) in [7, 11) is 0. The van der Waals surface area contributed by atoms with Gasteiger partial charge in [0.25, 0.3) is 0 Å². The van der Waals surface area contributed by atoms with E-state index in [1.54, 1.807) is 19.1 Å². The average Bonchev–Trinajstić information content (AvgIpc) is 2.80. The van der Waals surface area contributed by atoms with E-state index >= 15 is 0 Å². The van der Waals surface area contributed by atoms with E-state index in [0.29, 0.717) is 5.69 Å². The topological polar surface area (TPSA) is 90.1 Å². The first-order valence-electron chi connectivity index (χ1n) is 6.15. The molecule has 0 fully saturated rings. The van der Waals surface area contributed by atoms with Crippen LogP contribution in [0, 0.1) is 22.9 Å². The number of hydrogen-bond donors (Lipinski definition) is 1. The molecule has 0 saturated heterocycles. The van der Waals surface area contributed by atoms with Gasteiger partial charge in [-0.15, -0.1) is 0 Å². The van der Waals surface area contributed by atoms with Crippen LogP contribution in [0.1, 0.15) is 11.3 Å². The minimum Gasteiger partial charge on any atom is -0.358 e. The molecule has 1 aromatic heterocycles. The zero-order valence-corrected chi connectivity index (χ0v) is 11.2. The van der Waals surface area contributed by atoms with Crippen molar-refractivity contribution in [2.24, 2.45) is 0 Å². The van der Waals surface area contributed by atoms with Crippen LogP contribution in [0.25, 0.3) is 0 Å². The van der Waals surface area contributed by atoms with E-state index in [9.17, 15) is 19.3 Å². The van der Waals surface area contributed by atoms with Crippen LogP contribution in [0.3, 0.4) is 0 Å². The second-order valence-electron chi connectivity index (χ2n) is 4.46. The average molecular weight is 292 g/mol. The summed E-state index contributed by atoms with van der Waals surface area (Å²) in [6, 6.07) is 7.05. The van der Waals surface area contributed by atoms with E-state index in [1.807, 2.05) is 0 Å². The third-order valence-corrected chi connectivity index (χ3v) is 2.85. The predicted molar refractivity (Wildman–Crippen MR) is 71.9 cm³/mol. The maximum atomic E-state index is 12.7. The summed E-state index contributed by atoms with van der Waals surface area (Å²) in [4.78, 5) is 21.7. The van der Waals surface area contributed by atoms with Gasteiger partial charge in [-0.3, -0.25) is 4.79 Å². The largest absolute Gasteiger partial charge is 0.390 e. The van der Waals surface area contributed by atoms with E-state index in [1.165, 1.54) is 22.9 Å². The molecule has 1 N–H and O–H groups in total. The highest BCUT2D eigenvalue weighted by atomic mass is 19.1. The Morgan fingerprint density at radius 1 is 1.43 bits per heavy atom. The molecule has 0 radical (unpaired) electrons. The number of rotatable bonds is 5. The number of nitrogens with one attached hydrogen (secondary N) is 1. The van der Waals surface area contributed by atoms with Crippen LogP contribution in [0.4, 0.5) is 10.2 Å².